The molecule has 0 N–H and O–H groups in total. The van der Waals surface area contributed by atoms with E-state index in [1.54, 1.807) is 19.2 Å². The Hall–Kier alpha value is -2.54. The SMILES string of the molecule is CN(CCOc1ccc(Br)cc1)C(=O)COC(=O)/C=C/c1ccco1. The molecular weight excluding hydrogens is 390 g/mol. The normalized spacial score (nSPS) is 10.6. The predicted molar refractivity (Wildman–Crippen MR) is 96.0 cm³/mol. The molecule has 0 spiro atoms. The van der Waals surface area contributed by atoms with E-state index in [9.17, 15) is 9.59 Å². The van der Waals surface area contributed by atoms with Crippen molar-refractivity contribution < 1.29 is 23.5 Å². The number of nitrogens with zero attached hydrogens (tertiary/aromatic N) is 1. The van der Waals surface area contributed by atoms with Gasteiger partial charge >= 0.3 is 5.97 Å². The molecule has 0 fully saturated rings. The minimum Gasteiger partial charge on any atom is -0.492 e. The van der Waals surface area contributed by atoms with E-state index < -0.39 is 5.97 Å². The van der Waals surface area contributed by atoms with E-state index in [1.807, 2.05) is 24.3 Å². The molecule has 0 aliphatic heterocycles. The molecule has 0 unspecified atom stereocenters. The Labute approximate surface area is 154 Å². The number of rotatable bonds is 8. The highest BCUT2D eigenvalue weighted by molar-refractivity contribution is 9.10. The van der Waals surface area contributed by atoms with Crippen LogP contribution in [0.25, 0.3) is 6.08 Å². The lowest BCUT2D eigenvalue weighted by Gasteiger charge is -2.17. The van der Waals surface area contributed by atoms with E-state index in [0.29, 0.717) is 18.9 Å². The second-order valence-corrected chi connectivity index (χ2v) is 5.99. The van der Waals surface area contributed by atoms with Crippen LogP contribution in [0.2, 0.25) is 0 Å². The molecule has 0 saturated carbocycles. The fourth-order valence-electron chi connectivity index (χ4n) is 1.78. The van der Waals surface area contributed by atoms with Crippen LogP contribution in [0.1, 0.15) is 5.76 Å². The van der Waals surface area contributed by atoms with E-state index in [4.69, 9.17) is 13.9 Å². The highest BCUT2D eigenvalue weighted by Gasteiger charge is 2.11. The number of amides is 1. The maximum atomic E-state index is 11.9. The summed E-state index contributed by atoms with van der Waals surface area (Å²) in [5, 5.41) is 0. The third kappa shape index (κ3) is 6.84. The number of carbonyl (C=O) groups is 2. The molecule has 1 aromatic heterocycles. The first kappa shape index (κ1) is 18.8. The Morgan fingerprint density at radius 3 is 2.68 bits per heavy atom. The Morgan fingerprint density at radius 1 is 1.24 bits per heavy atom. The summed E-state index contributed by atoms with van der Waals surface area (Å²) in [6.45, 7) is 0.404. The number of ether oxygens (including phenoxy) is 2. The maximum absolute atomic E-state index is 11.9. The Bertz CT molecular complexity index is 710. The van der Waals surface area contributed by atoms with Crippen molar-refractivity contribution >= 4 is 33.9 Å². The number of hydrogen-bond acceptors (Lipinski definition) is 5. The third-order valence-corrected chi connectivity index (χ3v) is 3.73. The van der Waals surface area contributed by atoms with Crippen molar-refractivity contribution in [1.29, 1.82) is 0 Å². The van der Waals surface area contributed by atoms with Crippen LogP contribution in [0.5, 0.6) is 5.75 Å². The van der Waals surface area contributed by atoms with Gasteiger partial charge in [-0.3, -0.25) is 4.79 Å². The first-order valence-electron chi connectivity index (χ1n) is 7.55. The molecule has 0 atom stereocenters. The molecule has 0 aliphatic rings. The van der Waals surface area contributed by atoms with Crippen LogP contribution in [0, 0.1) is 0 Å². The second kappa shape index (κ2) is 9.68. The zero-order valence-corrected chi connectivity index (χ0v) is 15.3. The van der Waals surface area contributed by atoms with Gasteiger partial charge < -0.3 is 18.8 Å². The topological polar surface area (TPSA) is 69.0 Å². The average Bonchev–Trinajstić information content (AvgIpc) is 3.13. The molecule has 1 aromatic carbocycles. The summed E-state index contributed by atoms with van der Waals surface area (Å²) in [6.07, 6.45) is 4.19. The fraction of sp³-hybridized carbons (Fsp3) is 0.222. The van der Waals surface area contributed by atoms with Gasteiger partial charge in [-0.2, -0.15) is 0 Å². The van der Waals surface area contributed by atoms with Gasteiger partial charge in [0.15, 0.2) is 6.61 Å². The van der Waals surface area contributed by atoms with Crippen LogP contribution in [0.15, 0.2) is 57.6 Å². The molecule has 25 heavy (non-hydrogen) atoms. The van der Waals surface area contributed by atoms with Crippen molar-refractivity contribution in [2.75, 3.05) is 26.8 Å². The zero-order chi connectivity index (χ0) is 18.1. The number of hydrogen-bond donors (Lipinski definition) is 0. The molecule has 1 amide bonds. The van der Waals surface area contributed by atoms with Crippen LogP contribution in [0.3, 0.4) is 0 Å². The molecule has 7 heteroatoms. The zero-order valence-electron chi connectivity index (χ0n) is 13.7. The summed E-state index contributed by atoms with van der Waals surface area (Å²) < 4.78 is 16.5. The van der Waals surface area contributed by atoms with E-state index >= 15 is 0 Å². The van der Waals surface area contributed by atoms with E-state index in [-0.39, 0.29) is 12.5 Å². The molecule has 1 heterocycles. The van der Waals surface area contributed by atoms with Gasteiger partial charge in [-0.1, -0.05) is 15.9 Å². The molecule has 0 radical (unpaired) electrons. The highest BCUT2D eigenvalue weighted by Crippen LogP contribution is 2.15. The largest absolute Gasteiger partial charge is 0.492 e. The number of esters is 1. The summed E-state index contributed by atoms with van der Waals surface area (Å²) >= 11 is 3.35. The number of carbonyl (C=O) groups excluding carboxylic acids is 2. The van der Waals surface area contributed by atoms with Crippen molar-refractivity contribution in [3.05, 3.63) is 59.0 Å². The Balaban J connectivity index is 1.65. The van der Waals surface area contributed by atoms with Crippen molar-refractivity contribution in [3.63, 3.8) is 0 Å². The summed E-state index contributed by atoms with van der Waals surface area (Å²) in [6, 6.07) is 10.8. The summed E-state index contributed by atoms with van der Waals surface area (Å²) in [5.41, 5.74) is 0. The van der Waals surface area contributed by atoms with Gasteiger partial charge in [0.25, 0.3) is 5.91 Å². The molecule has 6 nitrogen and oxygen atoms in total. The summed E-state index contributed by atoms with van der Waals surface area (Å²) in [4.78, 5) is 24.9. The van der Waals surface area contributed by atoms with Crippen molar-refractivity contribution in [2.45, 2.75) is 0 Å². The lowest BCUT2D eigenvalue weighted by atomic mass is 10.3. The number of halogens is 1. The Morgan fingerprint density at radius 2 is 2.00 bits per heavy atom. The highest BCUT2D eigenvalue weighted by atomic mass is 79.9. The van der Waals surface area contributed by atoms with Crippen molar-refractivity contribution in [1.82, 2.24) is 4.90 Å². The second-order valence-electron chi connectivity index (χ2n) is 5.07. The number of benzene rings is 1. The predicted octanol–water partition coefficient (Wildman–Crippen LogP) is 3.14. The standard InChI is InChI=1S/C18H18BrNO5/c1-20(10-12-24-16-6-4-14(19)5-7-16)17(21)13-25-18(22)9-8-15-3-2-11-23-15/h2-9,11H,10,12-13H2,1H3/b9-8+. The average molecular weight is 408 g/mol. The summed E-state index contributed by atoms with van der Waals surface area (Å²) in [5.74, 6) is 0.340. The minimum atomic E-state index is -0.607. The van der Waals surface area contributed by atoms with Gasteiger partial charge in [-0.25, -0.2) is 4.79 Å². The number of furan rings is 1. The first-order valence-corrected chi connectivity index (χ1v) is 8.34. The molecule has 0 aliphatic carbocycles. The van der Waals surface area contributed by atoms with Gasteiger partial charge in [0.05, 0.1) is 12.8 Å². The fourth-order valence-corrected chi connectivity index (χ4v) is 2.05. The quantitative estimate of drug-likeness (QED) is 0.496. The van der Waals surface area contributed by atoms with Gasteiger partial charge in [0, 0.05) is 17.6 Å². The van der Waals surface area contributed by atoms with Gasteiger partial charge in [-0.15, -0.1) is 0 Å². The monoisotopic (exact) mass is 407 g/mol. The van der Waals surface area contributed by atoms with Crippen LogP contribution < -0.4 is 4.74 Å². The molecular formula is C18H18BrNO5. The van der Waals surface area contributed by atoms with E-state index in [2.05, 4.69) is 15.9 Å². The van der Waals surface area contributed by atoms with E-state index in [0.717, 1.165) is 10.2 Å². The van der Waals surface area contributed by atoms with Crippen LogP contribution in [-0.2, 0) is 14.3 Å². The molecule has 132 valence electrons. The van der Waals surface area contributed by atoms with Gasteiger partial charge in [0.2, 0.25) is 0 Å². The smallest absolute Gasteiger partial charge is 0.331 e. The van der Waals surface area contributed by atoms with E-state index in [1.165, 1.54) is 23.3 Å². The molecule has 2 rings (SSSR count). The third-order valence-electron chi connectivity index (χ3n) is 3.20. The molecule has 0 saturated heterocycles. The van der Waals surface area contributed by atoms with Crippen LogP contribution >= 0.6 is 15.9 Å². The molecule has 2 aromatic rings. The first-order chi connectivity index (χ1) is 12.0. The molecule has 0 bridgehead atoms. The van der Waals surface area contributed by atoms with Gasteiger partial charge in [0.1, 0.15) is 18.1 Å². The summed E-state index contributed by atoms with van der Waals surface area (Å²) in [7, 11) is 1.62. The Kier molecular flexibility index (Phi) is 7.28. The lowest BCUT2D eigenvalue weighted by Crippen LogP contribution is -2.34. The lowest BCUT2D eigenvalue weighted by molar-refractivity contribution is -0.147. The number of likely N-dealkylation sites (N-methyl/N-ethyl adjacent to an activating group) is 1. The van der Waals surface area contributed by atoms with Crippen LogP contribution in [-0.4, -0.2) is 43.6 Å². The van der Waals surface area contributed by atoms with Gasteiger partial charge in [-0.05, 0) is 42.5 Å². The minimum absolute atomic E-state index is 0.306. The maximum Gasteiger partial charge on any atom is 0.331 e. The van der Waals surface area contributed by atoms with Crippen molar-refractivity contribution in [3.8, 4) is 5.75 Å². The van der Waals surface area contributed by atoms with Crippen LogP contribution in [0.4, 0.5) is 0 Å². The van der Waals surface area contributed by atoms with Crippen molar-refractivity contribution in [2.24, 2.45) is 0 Å².